The average Bonchev–Trinajstić information content (AvgIpc) is 3.42. The molecule has 0 aliphatic heterocycles. The zero-order chi connectivity index (χ0) is 21.6. The molecule has 2 heterocycles. The molecule has 2 aromatic heterocycles. The van der Waals surface area contributed by atoms with Crippen molar-refractivity contribution in [2.75, 3.05) is 5.32 Å². The number of carbonyl (C=O) groups is 1. The zero-order valence-corrected chi connectivity index (χ0v) is 17.9. The summed E-state index contributed by atoms with van der Waals surface area (Å²) in [5, 5.41) is 10.8. The number of ether oxygens (including phenoxy) is 1. The van der Waals surface area contributed by atoms with Crippen LogP contribution >= 0.6 is 11.8 Å². The van der Waals surface area contributed by atoms with E-state index < -0.39 is 5.25 Å². The summed E-state index contributed by atoms with van der Waals surface area (Å²) < 4.78 is 16.7. The van der Waals surface area contributed by atoms with Gasteiger partial charge in [-0.1, -0.05) is 42.1 Å². The number of furan rings is 1. The van der Waals surface area contributed by atoms with Crippen LogP contribution in [-0.2, 0) is 11.4 Å². The molecule has 1 amide bonds. The molecular weight excluding hydrogens is 414 g/mol. The lowest BCUT2D eigenvalue weighted by molar-refractivity contribution is -0.115. The van der Waals surface area contributed by atoms with Gasteiger partial charge in [0.1, 0.15) is 18.1 Å². The van der Waals surface area contributed by atoms with Gasteiger partial charge in [-0.3, -0.25) is 4.79 Å². The van der Waals surface area contributed by atoms with E-state index in [1.807, 2.05) is 61.5 Å². The fourth-order valence-corrected chi connectivity index (χ4v) is 3.48. The van der Waals surface area contributed by atoms with Crippen LogP contribution in [0.5, 0.6) is 5.75 Å². The van der Waals surface area contributed by atoms with Crippen molar-refractivity contribution in [1.82, 2.24) is 10.2 Å². The third kappa shape index (κ3) is 5.35. The number of amides is 1. The second-order valence-electron chi connectivity index (χ2n) is 6.81. The molecule has 4 rings (SSSR count). The normalized spacial score (nSPS) is 11.8. The summed E-state index contributed by atoms with van der Waals surface area (Å²) in [7, 11) is 0. The standard InChI is InChI=1S/C23H21N3O4S/c1-15-20(12-13-28-15)22-25-26-23(30-22)31-16(2)21(27)24-18-8-10-19(11-9-18)29-14-17-6-4-3-5-7-17/h3-13,16H,14H2,1-2H3,(H,24,27). The van der Waals surface area contributed by atoms with Crippen molar-refractivity contribution in [3.63, 3.8) is 0 Å². The Labute approximate surface area is 183 Å². The Balaban J connectivity index is 1.29. The first-order valence-corrected chi connectivity index (χ1v) is 10.6. The van der Waals surface area contributed by atoms with Gasteiger partial charge in [0.05, 0.1) is 17.1 Å². The van der Waals surface area contributed by atoms with Crippen LogP contribution < -0.4 is 10.1 Å². The van der Waals surface area contributed by atoms with E-state index in [4.69, 9.17) is 13.6 Å². The Kier molecular flexibility index (Phi) is 6.37. The maximum Gasteiger partial charge on any atom is 0.277 e. The predicted octanol–water partition coefficient (Wildman–Crippen LogP) is 5.34. The highest BCUT2D eigenvalue weighted by Crippen LogP contribution is 2.29. The van der Waals surface area contributed by atoms with Crippen LogP contribution in [0.2, 0.25) is 0 Å². The van der Waals surface area contributed by atoms with E-state index in [9.17, 15) is 4.79 Å². The molecule has 0 fully saturated rings. The van der Waals surface area contributed by atoms with Crippen LogP contribution in [0.3, 0.4) is 0 Å². The van der Waals surface area contributed by atoms with Gasteiger partial charge >= 0.3 is 0 Å². The SMILES string of the molecule is Cc1occc1-c1nnc(SC(C)C(=O)Nc2ccc(OCc3ccccc3)cc2)o1. The smallest absolute Gasteiger partial charge is 0.277 e. The molecule has 1 N–H and O–H groups in total. The Morgan fingerprint density at radius 2 is 1.87 bits per heavy atom. The maximum atomic E-state index is 12.5. The van der Waals surface area contributed by atoms with Crippen molar-refractivity contribution >= 4 is 23.4 Å². The van der Waals surface area contributed by atoms with E-state index in [-0.39, 0.29) is 5.91 Å². The largest absolute Gasteiger partial charge is 0.489 e. The summed E-state index contributed by atoms with van der Waals surface area (Å²) in [4.78, 5) is 12.5. The number of hydrogen-bond donors (Lipinski definition) is 1. The molecule has 2 aromatic carbocycles. The molecule has 0 radical (unpaired) electrons. The number of carbonyl (C=O) groups excluding carboxylic acids is 1. The highest BCUT2D eigenvalue weighted by Gasteiger charge is 2.20. The molecule has 1 unspecified atom stereocenters. The van der Waals surface area contributed by atoms with Gasteiger partial charge in [0.15, 0.2) is 0 Å². The number of aryl methyl sites for hydroxylation is 1. The first kappa shape index (κ1) is 20.7. The summed E-state index contributed by atoms with van der Waals surface area (Å²) in [6.07, 6.45) is 1.57. The molecule has 0 bridgehead atoms. The summed E-state index contributed by atoms with van der Waals surface area (Å²) in [6, 6.07) is 19.0. The number of hydrogen-bond acceptors (Lipinski definition) is 7. The minimum Gasteiger partial charge on any atom is -0.489 e. The van der Waals surface area contributed by atoms with Crippen molar-refractivity contribution in [2.45, 2.75) is 30.9 Å². The Morgan fingerprint density at radius 1 is 1.10 bits per heavy atom. The van der Waals surface area contributed by atoms with Gasteiger partial charge in [-0.2, -0.15) is 0 Å². The summed E-state index contributed by atoms with van der Waals surface area (Å²) in [5.74, 6) is 1.63. The van der Waals surface area contributed by atoms with Crippen molar-refractivity contribution in [3.8, 4) is 17.2 Å². The zero-order valence-electron chi connectivity index (χ0n) is 17.1. The maximum absolute atomic E-state index is 12.5. The van der Waals surface area contributed by atoms with Crippen LogP contribution in [0.15, 0.2) is 81.0 Å². The quantitative estimate of drug-likeness (QED) is 0.374. The van der Waals surface area contributed by atoms with Gasteiger partial charge < -0.3 is 18.9 Å². The van der Waals surface area contributed by atoms with Gasteiger partial charge in [-0.05, 0) is 49.7 Å². The molecule has 0 aliphatic carbocycles. The fraction of sp³-hybridized carbons (Fsp3) is 0.174. The summed E-state index contributed by atoms with van der Waals surface area (Å²) >= 11 is 1.20. The highest BCUT2D eigenvalue weighted by molar-refractivity contribution is 8.00. The van der Waals surface area contributed by atoms with Crippen molar-refractivity contribution in [3.05, 3.63) is 78.3 Å². The van der Waals surface area contributed by atoms with Gasteiger partial charge in [-0.15, -0.1) is 10.2 Å². The molecule has 1 atom stereocenters. The third-order valence-corrected chi connectivity index (χ3v) is 5.45. The molecule has 7 nitrogen and oxygen atoms in total. The molecular formula is C23H21N3O4S. The lowest BCUT2D eigenvalue weighted by Gasteiger charge is -2.11. The first-order chi connectivity index (χ1) is 15.1. The minimum absolute atomic E-state index is 0.165. The Hall–Kier alpha value is -3.52. The van der Waals surface area contributed by atoms with E-state index in [0.29, 0.717) is 29.2 Å². The lowest BCUT2D eigenvalue weighted by atomic mass is 10.2. The van der Waals surface area contributed by atoms with E-state index in [1.54, 1.807) is 19.3 Å². The molecule has 31 heavy (non-hydrogen) atoms. The van der Waals surface area contributed by atoms with E-state index in [0.717, 1.165) is 16.9 Å². The topological polar surface area (TPSA) is 90.4 Å². The molecule has 0 spiro atoms. The second kappa shape index (κ2) is 9.53. The number of nitrogens with zero attached hydrogens (tertiary/aromatic N) is 2. The van der Waals surface area contributed by atoms with Gasteiger partial charge in [0.25, 0.3) is 11.1 Å². The fourth-order valence-electron chi connectivity index (χ4n) is 2.80. The van der Waals surface area contributed by atoms with Crippen LogP contribution in [0.1, 0.15) is 18.2 Å². The number of aromatic nitrogens is 2. The molecule has 4 aromatic rings. The summed E-state index contributed by atoms with van der Waals surface area (Å²) in [5.41, 5.74) is 2.52. The van der Waals surface area contributed by atoms with Crippen molar-refractivity contribution in [2.24, 2.45) is 0 Å². The van der Waals surface area contributed by atoms with E-state index in [2.05, 4.69) is 15.5 Å². The third-order valence-electron chi connectivity index (χ3n) is 4.51. The average molecular weight is 436 g/mol. The Morgan fingerprint density at radius 3 is 2.58 bits per heavy atom. The van der Waals surface area contributed by atoms with Gasteiger partial charge in [-0.25, -0.2) is 0 Å². The monoisotopic (exact) mass is 435 g/mol. The number of thioether (sulfide) groups is 1. The minimum atomic E-state index is -0.423. The number of benzene rings is 2. The molecule has 0 aliphatic rings. The number of nitrogens with one attached hydrogen (secondary N) is 1. The molecule has 8 heteroatoms. The Bertz CT molecular complexity index is 1140. The molecule has 0 saturated carbocycles. The molecule has 0 saturated heterocycles. The van der Waals surface area contributed by atoms with Crippen molar-refractivity contribution < 1.29 is 18.4 Å². The van der Waals surface area contributed by atoms with Crippen molar-refractivity contribution in [1.29, 1.82) is 0 Å². The lowest BCUT2D eigenvalue weighted by Crippen LogP contribution is -2.22. The second-order valence-corrected chi connectivity index (χ2v) is 8.10. The predicted molar refractivity (Wildman–Crippen MR) is 118 cm³/mol. The highest BCUT2D eigenvalue weighted by atomic mass is 32.2. The van der Waals surface area contributed by atoms with Gasteiger partial charge in [0, 0.05) is 5.69 Å². The number of rotatable bonds is 8. The first-order valence-electron chi connectivity index (χ1n) is 9.71. The van der Waals surface area contributed by atoms with Crippen LogP contribution in [0.25, 0.3) is 11.5 Å². The van der Waals surface area contributed by atoms with E-state index >= 15 is 0 Å². The van der Waals surface area contributed by atoms with Crippen LogP contribution in [0, 0.1) is 6.92 Å². The van der Waals surface area contributed by atoms with Crippen LogP contribution in [-0.4, -0.2) is 21.4 Å². The summed E-state index contributed by atoms with van der Waals surface area (Å²) in [6.45, 7) is 4.09. The van der Waals surface area contributed by atoms with E-state index in [1.165, 1.54) is 11.8 Å². The van der Waals surface area contributed by atoms with Crippen LogP contribution in [0.4, 0.5) is 5.69 Å². The van der Waals surface area contributed by atoms with Gasteiger partial charge in [0.2, 0.25) is 5.91 Å². The number of anilines is 1. The molecule has 158 valence electrons.